The summed E-state index contributed by atoms with van der Waals surface area (Å²) < 4.78 is 26.1. The Labute approximate surface area is 120 Å². The van der Waals surface area contributed by atoms with Crippen LogP contribution in [0.3, 0.4) is 0 Å². The van der Waals surface area contributed by atoms with E-state index in [0.29, 0.717) is 5.56 Å². The molecule has 0 fully saturated rings. The van der Waals surface area contributed by atoms with Crippen LogP contribution in [-0.4, -0.2) is 28.8 Å². The minimum atomic E-state index is -1.16. The molecule has 0 saturated carbocycles. The summed E-state index contributed by atoms with van der Waals surface area (Å²) in [5.41, 5.74) is 0.319. The third-order valence-corrected chi connectivity index (χ3v) is 3.17. The predicted octanol–water partition coefficient (Wildman–Crippen LogP) is 1.64. The smallest absolute Gasteiger partial charge is 0.325 e. The van der Waals surface area contributed by atoms with E-state index in [4.69, 9.17) is 5.11 Å². The highest BCUT2D eigenvalue weighted by atomic mass is 32.1. The molecular formula is C13H15F2NO3S. The maximum Gasteiger partial charge on any atom is 0.325 e. The van der Waals surface area contributed by atoms with E-state index in [9.17, 15) is 18.4 Å². The van der Waals surface area contributed by atoms with E-state index >= 15 is 0 Å². The molecule has 1 aromatic carbocycles. The quantitative estimate of drug-likeness (QED) is 0.700. The summed E-state index contributed by atoms with van der Waals surface area (Å²) in [5, 5.41) is 11.0. The highest BCUT2D eigenvalue weighted by molar-refractivity contribution is 7.80. The molecule has 1 amide bonds. The number of nitrogens with one attached hydrogen (secondary N) is 1. The molecule has 0 aliphatic carbocycles. The van der Waals surface area contributed by atoms with Crippen LogP contribution in [-0.2, 0) is 16.0 Å². The van der Waals surface area contributed by atoms with Gasteiger partial charge in [-0.2, -0.15) is 12.6 Å². The zero-order valence-electron chi connectivity index (χ0n) is 10.8. The molecule has 1 aromatic rings. The van der Waals surface area contributed by atoms with Gasteiger partial charge in [0.1, 0.15) is 17.7 Å². The van der Waals surface area contributed by atoms with Gasteiger partial charge >= 0.3 is 5.97 Å². The van der Waals surface area contributed by atoms with E-state index in [0.717, 1.165) is 18.2 Å². The summed E-state index contributed by atoms with van der Waals surface area (Å²) in [7, 11) is 0. The third-order valence-electron chi connectivity index (χ3n) is 2.72. The van der Waals surface area contributed by atoms with Gasteiger partial charge in [-0.3, -0.25) is 9.59 Å². The number of thiol groups is 1. The fourth-order valence-electron chi connectivity index (χ4n) is 1.65. The van der Waals surface area contributed by atoms with Crippen molar-refractivity contribution in [3.05, 3.63) is 35.4 Å². The number of carbonyl (C=O) groups excluding carboxylic acids is 1. The number of carboxylic acids is 1. The van der Waals surface area contributed by atoms with E-state index in [1.54, 1.807) is 0 Å². The first-order valence-corrected chi connectivity index (χ1v) is 6.55. The minimum absolute atomic E-state index is 0.0797. The average molecular weight is 303 g/mol. The van der Waals surface area contributed by atoms with Crippen LogP contribution < -0.4 is 5.32 Å². The number of benzene rings is 1. The Morgan fingerprint density at radius 1 is 1.30 bits per heavy atom. The molecule has 110 valence electrons. The summed E-state index contributed by atoms with van der Waals surface area (Å²) in [5.74, 6) is -3.65. The lowest BCUT2D eigenvalue weighted by Crippen LogP contribution is -2.42. The molecule has 4 nitrogen and oxygen atoms in total. The van der Waals surface area contributed by atoms with Crippen LogP contribution in [0.5, 0.6) is 0 Å². The Balaban J connectivity index is 2.76. The minimum Gasteiger partial charge on any atom is -0.480 e. The Morgan fingerprint density at radius 3 is 2.30 bits per heavy atom. The van der Waals surface area contributed by atoms with Gasteiger partial charge in [0.05, 0.1) is 5.92 Å². The van der Waals surface area contributed by atoms with Crippen LogP contribution in [0.25, 0.3) is 0 Å². The van der Waals surface area contributed by atoms with Crippen molar-refractivity contribution >= 4 is 24.5 Å². The van der Waals surface area contributed by atoms with Crippen molar-refractivity contribution in [3.63, 3.8) is 0 Å². The van der Waals surface area contributed by atoms with Crippen molar-refractivity contribution in [2.45, 2.75) is 19.4 Å². The summed E-state index contributed by atoms with van der Waals surface area (Å²) in [4.78, 5) is 22.5. The second kappa shape index (κ2) is 7.23. The third kappa shape index (κ3) is 4.80. The van der Waals surface area contributed by atoms with E-state index in [-0.39, 0.29) is 12.2 Å². The van der Waals surface area contributed by atoms with Crippen LogP contribution >= 0.6 is 12.6 Å². The maximum atomic E-state index is 13.1. The van der Waals surface area contributed by atoms with Crippen LogP contribution in [0, 0.1) is 17.6 Å². The summed E-state index contributed by atoms with van der Waals surface area (Å²) in [6.45, 7) is 1.33. The number of carboxylic acid groups (broad SMARTS) is 1. The lowest BCUT2D eigenvalue weighted by atomic mass is 9.99. The number of aliphatic carboxylic acids is 1. The molecule has 2 N–H and O–H groups in total. The first kappa shape index (κ1) is 16.4. The molecule has 7 heteroatoms. The van der Waals surface area contributed by atoms with Gasteiger partial charge < -0.3 is 10.4 Å². The molecule has 0 saturated heterocycles. The van der Waals surface area contributed by atoms with Gasteiger partial charge in [0.25, 0.3) is 0 Å². The first-order chi connectivity index (χ1) is 9.33. The normalized spacial score (nSPS) is 13.6. The van der Waals surface area contributed by atoms with Crippen molar-refractivity contribution in [3.8, 4) is 0 Å². The molecule has 0 heterocycles. The van der Waals surface area contributed by atoms with E-state index in [1.807, 2.05) is 0 Å². The number of hydrogen-bond acceptors (Lipinski definition) is 3. The Hall–Kier alpha value is -1.63. The second-order valence-electron chi connectivity index (χ2n) is 4.43. The summed E-state index contributed by atoms with van der Waals surface area (Å²) in [6, 6.07) is 1.97. The van der Waals surface area contributed by atoms with Crippen molar-refractivity contribution in [1.29, 1.82) is 0 Å². The molecule has 0 aliphatic heterocycles. The van der Waals surface area contributed by atoms with Crippen LogP contribution in [0.15, 0.2) is 18.2 Å². The van der Waals surface area contributed by atoms with Gasteiger partial charge in [-0.05, 0) is 31.0 Å². The van der Waals surface area contributed by atoms with E-state index in [2.05, 4.69) is 17.9 Å². The number of hydrogen-bond donors (Lipinski definition) is 3. The molecular weight excluding hydrogens is 288 g/mol. The molecule has 0 radical (unpaired) electrons. The highest BCUT2D eigenvalue weighted by Crippen LogP contribution is 2.14. The number of carbonyl (C=O) groups is 2. The Bertz CT molecular complexity index is 490. The van der Waals surface area contributed by atoms with Crippen molar-refractivity contribution in [2.75, 3.05) is 5.75 Å². The Morgan fingerprint density at radius 2 is 1.85 bits per heavy atom. The molecule has 1 rings (SSSR count). The molecule has 0 aliphatic rings. The van der Waals surface area contributed by atoms with E-state index < -0.39 is 35.5 Å². The number of amides is 1. The topological polar surface area (TPSA) is 66.4 Å². The van der Waals surface area contributed by atoms with Gasteiger partial charge in [-0.1, -0.05) is 0 Å². The molecule has 0 unspecified atom stereocenters. The fraction of sp³-hybridized carbons (Fsp3) is 0.385. The fourth-order valence-corrected chi connectivity index (χ4v) is 1.94. The number of rotatable bonds is 6. The number of halogens is 2. The molecule has 2 atom stereocenters. The second-order valence-corrected chi connectivity index (χ2v) is 4.79. The first-order valence-electron chi connectivity index (χ1n) is 5.92. The van der Waals surface area contributed by atoms with Crippen LogP contribution in [0.2, 0.25) is 0 Å². The standard InChI is InChI=1S/C13H15F2NO3S/c1-7(13(18)19)16-12(17)9(6-20)2-8-3-10(14)5-11(15)4-8/h3-5,7,9,20H,2,6H2,1H3,(H,16,17)(H,18,19)/t7-,9-/m1/s1. The maximum absolute atomic E-state index is 13.1. The van der Waals surface area contributed by atoms with Crippen molar-refractivity contribution < 1.29 is 23.5 Å². The van der Waals surface area contributed by atoms with Crippen molar-refractivity contribution in [2.24, 2.45) is 5.92 Å². The largest absolute Gasteiger partial charge is 0.480 e. The molecule has 0 bridgehead atoms. The van der Waals surface area contributed by atoms with Crippen LogP contribution in [0.1, 0.15) is 12.5 Å². The lowest BCUT2D eigenvalue weighted by Gasteiger charge is -2.17. The van der Waals surface area contributed by atoms with Gasteiger partial charge in [0, 0.05) is 11.8 Å². The van der Waals surface area contributed by atoms with Gasteiger partial charge in [-0.15, -0.1) is 0 Å². The van der Waals surface area contributed by atoms with Crippen molar-refractivity contribution in [1.82, 2.24) is 5.32 Å². The Kier molecular flexibility index (Phi) is 5.94. The monoisotopic (exact) mass is 303 g/mol. The van der Waals surface area contributed by atoms with Crippen LogP contribution in [0.4, 0.5) is 8.78 Å². The lowest BCUT2D eigenvalue weighted by molar-refractivity contribution is -0.141. The zero-order valence-corrected chi connectivity index (χ0v) is 11.7. The molecule has 0 spiro atoms. The van der Waals surface area contributed by atoms with Gasteiger partial charge in [0.15, 0.2) is 0 Å². The predicted molar refractivity (Wildman–Crippen MR) is 72.6 cm³/mol. The SMILES string of the molecule is C[C@@H](NC(=O)[C@@H](CS)Cc1cc(F)cc(F)c1)C(=O)O. The van der Waals surface area contributed by atoms with Gasteiger partial charge in [0.2, 0.25) is 5.91 Å². The molecule has 20 heavy (non-hydrogen) atoms. The summed E-state index contributed by atoms with van der Waals surface area (Å²) in [6.07, 6.45) is 0.0797. The molecule has 0 aromatic heterocycles. The summed E-state index contributed by atoms with van der Waals surface area (Å²) >= 11 is 4.02. The van der Waals surface area contributed by atoms with E-state index in [1.165, 1.54) is 6.92 Å². The zero-order chi connectivity index (χ0) is 15.3. The van der Waals surface area contributed by atoms with Gasteiger partial charge in [-0.25, -0.2) is 8.78 Å². The average Bonchev–Trinajstić information content (AvgIpc) is 2.34. The highest BCUT2D eigenvalue weighted by Gasteiger charge is 2.22.